The fourth-order valence-corrected chi connectivity index (χ4v) is 2.91. The smallest absolute Gasteiger partial charge is 0.315 e. The minimum absolute atomic E-state index is 0.0577. The van der Waals surface area contributed by atoms with Crippen LogP contribution in [0.1, 0.15) is 22.4 Å². The zero-order chi connectivity index (χ0) is 17.1. The summed E-state index contributed by atoms with van der Waals surface area (Å²) in [6, 6.07) is 9.45. The van der Waals surface area contributed by atoms with Crippen LogP contribution in [0.5, 0.6) is 5.75 Å². The van der Waals surface area contributed by atoms with Gasteiger partial charge in [0.2, 0.25) is 0 Å². The molecule has 2 amide bonds. The zero-order valence-corrected chi connectivity index (χ0v) is 13.8. The molecule has 0 aliphatic carbocycles. The van der Waals surface area contributed by atoms with Crippen molar-refractivity contribution >= 4 is 6.03 Å². The lowest BCUT2D eigenvalue weighted by molar-refractivity contribution is 0.213. The molecule has 1 atom stereocenters. The van der Waals surface area contributed by atoms with E-state index in [4.69, 9.17) is 4.74 Å². The first-order chi connectivity index (χ1) is 11.5. The van der Waals surface area contributed by atoms with Crippen molar-refractivity contribution < 1.29 is 9.53 Å². The molecule has 126 valence electrons. The summed E-state index contributed by atoms with van der Waals surface area (Å²) in [6.45, 7) is 4.31. The first-order valence-electron chi connectivity index (χ1n) is 7.98. The van der Waals surface area contributed by atoms with Gasteiger partial charge in [0.25, 0.3) is 5.56 Å². The molecular weight excluding hydrogens is 306 g/mol. The van der Waals surface area contributed by atoms with Crippen LogP contribution in [0.25, 0.3) is 0 Å². The molecule has 2 heterocycles. The summed E-state index contributed by atoms with van der Waals surface area (Å²) in [6.07, 6.45) is 0.727. The molecule has 3 rings (SSSR count). The summed E-state index contributed by atoms with van der Waals surface area (Å²) in [5.74, 6) is 0.881. The topological polar surface area (TPSA) is 83.2 Å². The van der Waals surface area contributed by atoms with Crippen molar-refractivity contribution in [1.29, 1.82) is 0 Å². The number of carbonyl (C=O) groups is 1. The Morgan fingerprint density at radius 1 is 1.29 bits per heavy atom. The van der Waals surface area contributed by atoms with E-state index in [0.29, 0.717) is 12.1 Å². The van der Waals surface area contributed by atoms with Gasteiger partial charge >= 0.3 is 6.03 Å². The number of para-hydroxylation sites is 1. The molecule has 0 spiro atoms. The Hall–Kier alpha value is -2.76. The van der Waals surface area contributed by atoms with E-state index in [-0.39, 0.29) is 24.2 Å². The van der Waals surface area contributed by atoms with E-state index < -0.39 is 0 Å². The van der Waals surface area contributed by atoms with Gasteiger partial charge in [-0.1, -0.05) is 18.2 Å². The summed E-state index contributed by atoms with van der Waals surface area (Å²) in [7, 11) is 0. The van der Waals surface area contributed by atoms with Gasteiger partial charge in [0, 0.05) is 17.7 Å². The Labute approximate surface area is 140 Å². The van der Waals surface area contributed by atoms with Crippen LogP contribution in [0.3, 0.4) is 0 Å². The molecule has 0 unspecified atom stereocenters. The number of amides is 2. The molecule has 0 fully saturated rings. The molecule has 3 N–H and O–H groups in total. The number of aromatic nitrogens is 1. The third kappa shape index (κ3) is 3.59. The average Bonchev–Trinajstić information content (AvgIpc) is 2.94. The fraction of sp³-hybridized carbons (Fsp3) is 0.333. The molecule has 1 aromatic carbocycles. The second-order valence-electron chi connectivity index (χ2n) is 6.06. The van der Waals surface area contributed by atoms with E-state index in [1.807, 2.05) is 44.2 Å². The highest BCUT2D eigenvalue weighted by Gasteiger charge is 2.22. The highest BCUT2D eigenvalue weighted by atomic mass is 16.5. The van der Waals surface area contributed by atoms with Crippen LogP contribution < -0.4 is 20.9 Å². The molecule has 24 heavy (non-hydrogen) atoms. The van der Waals surface area contributed by atoms with Crippen LogP contribution in [-0.2, 0) is 13.0 Å². The number of H-pyrrole nitrogens is 1. The highest BCUT2D eigenvalue weighted by molar-refractivity contribution is 5.73. The van der Waals surface area contributed by atoms with Crippen molar-refractivity contribution in [2.75, 3.05) is 6.54 Å². The standard InChI is InChI=1S/C18H21N3O3/c1-11-7-12(2)21-17(22)15(11)10-20-18(23)19-9-14-8-13-5-3-4-6-16(13)24-14/h3-7,14H,8-10H2,1-2H3,(H,21,22)(H2,19,20,23)/t14-/m0/s1. The van der Waals surface area contributed by atoms with E-state index in [1.54, 1.807) is 0 Å². The lowest BCUT2D eigenvalue weighted by Crippen LogP contribution is -2.41. The number of aromatic amines is 1. The van der Waals surface area contributed by atoms with Crippen LogP contribution >= 0.6 is 0 Å². The number of carbonyl (C=O) groups excluding carboxylic acids is 1. The molecule has 2 aromatic rings. The lowest BCUT2D eigenvalue weighted by Gasteiger charge is -2.13. The molecular formula is C18H21N3O3. The Morgan fingerprint density at radius 2 is 2.08 bits per heavy atom. The molecule has 0 bridgehead atoms. The second-order valence-corrected chi connectivity index (χ2v) is 6.06. The van der Waals surface area contributed by atoms with Crippen molar-refractivity contribution in [1.82, 2.24) is 15.6 Å². The highest BCUT2D eigenvalue weighted by Crippen LogP contribution is 2.27. The number of urea groups is 1. The van der Waals surface area contributed by atoms with E-state index >= 15 is 0 Å². The molecule has 6 heteroatoms. The maximum atomic E-state index is 11.9. The summed E-state index contributed by atoms with van der Waals surface area (Å²) >= 11 is 0. The van der Waals surface area contributed by atoms with Gasteiger partial charge in [0.1, 0.15) is 11.9 Å². The Morgan fingerprint density at radius 3 is 2.83 bits per heavy atom. The van der Waals surface area contributed by atoms with Crippen LogP contribution in [0.2, 0.25) is 0 Å². The lowest BCUT2D eigenvalue weighted by atomic mass is 10.1. The number of benzene rings is 1. The number of hydrogen-bond donors (Lipinski definition) is 3. The predicted molar refractivity (Wildman–Crippen MR) is 91.3 cm³/mol. The van der Waals surface area contributed by atoms with E-state index in [0.717, 1.165) is 29.0 Å². The van der Waals surface area contributed by atoms with E-state index in [1.165, 1.54) is 0 Å². The number of aryl methyl sites for hydroxylation is 2. The van der Waals surface area contributed by atoms with Gasteiger partial charge < -0.3 is 20.4 Å². The monoisotopic (exact) mass is 327 g/mol. The first kappa shape index (κ1) is 16.1. The minimum Gasteiger partial charge on any atom is -0.488 e. The summed E-state index contributed by atoms with van der Waals surface area (Å²) in [4.78, 5) is 26.6. The molecule has 6 nitrogen and oxygen atoms in total. The summed E-state index contributed by atoms with van der Waals surface area (Å²) < 4.78 is 5.77. The molecule has 0 saturated heterocycles. The van der Waals surface area contributed by atoms with Crippen molar-refractivity contribution in [2.45, 2.75) is 32.9 Å². The van der Waals surface area contributed by atoms with Crippen molar-refractivity contribution in [3.63, 3.8) is 0 Å². The fourth-order valence-electron chi connectivity index (χ4n) is 2.91. The number of nitrogens with one attached hydrogen (secondary N) is 3. The number of fused-ring (bicyclic) bond motifs is 1. The quantitative estimate of drug-likeness (QED) is 0.800. The number of hydrogen-bond acceptors (Lipinski definition) is 3. The SMILES string of the molecule is Cc1cc(C)c(CNC(=O)NC[C@@H]2Cc3ccccc3O2)c(=O)[nH]1. The Balaban J connectivity index is 1.48. The van der Waals surface area contributed by atoms with Crippen LogP contribution in [-0.4, -0.2) is 23.7 Å². The molecule has 1 aliphatic rings. The van der Waals surface area contributed by atoms with Gasteiger partial charge in [-0.05, 0) is 37.1 Å². The van der Waals surface area contributed by atoms with E-state index in [9.17, 15) is 9.59 Å². The molecule has 1 aromatic heterocycles. The Kier molecular flexibility index (Phi) is 4.55. The molecule has 1 aliphatic heterocycles. The number of pyridine rings is 1. The summed E-state index contributed by atoms with van der Waals surface area (Å²) in [5.41, 5.74) is 3.24. The van der Waals surface area contributed by atoms with Crippen molar-refractivity contribution in [3.05, 3.63) is 63.1 Å². The van der Waals surface area contributed by atoms with Crippen LogP contribution in [0.15, 0.2) is 35.1 Å². The molecule has 0 radical (unpaired) electrons. The maximum Gasteiger partial charge on any atom is 0.315 e. The maximum absolute atomic E-state index is 11.9. The summed E-state index contributed by atoms with van der Waals surface area (Å²) in [5, 5.41) is 5.51. The van der Waals surface area contributed by atoms with Gasteiger partial charge in [-0.25, -0.2) is 4.79 Å². The molecule has 0 saturated carbocycles. The second kappa shape index (κ2) is 6.78. The van der Waals surface area contributed by atoms with Gasteiger partial charge in [0.15, 0.2) is 0 Å². The first-order valence-corrected chi connectivity index (χ1v) is 7.98. The van der Waals surface area contributed by atoms with Gasteiger partial charge in [0.05, 0.1) is 13.1 Å². The van der Waals surface area contributed by atoms with Gasteiger partial charge in [-0.15, -0.1) is 0 Å². The third-order valence-electron chi connectivity index (χ3n) is 4.12. The number of rotatable bonds is 4. The van der Waals surface area contributed by atoms with Crippen LogP contribution in [0, 0.1) is 13.8 Å². The van der Waals surface area contributed by atoms with Crippen molar-refractivity contribution in [3.8, 4) is 5.75 Å². The Bertz CT molecular complexity index is 788. The zero-order valence-electron chi connectivity index (χ0n) is 13.8. The predicted octanol–water partition coefficient (Wildman–Crippen LogP) is 1.79. The largest absolute Gasteiger partial charge is 0.488 e. The van der Waals surface area contributed by atoms with Crippen LogP contribution in [0.4, 0.5) is 4.79 Å². The average molecular weight is 327 g/mol. The minimum atomic E-state index is -0.311. The van der Waals surface area contributed by atoms with Gasteiger partial charge in [-0.3, -0.25) is 4.79 Å². The van der Waals surface area contributed by atoms with Gasteiger partial charge in [-0.2, -0.15) is 0 Å². The van der Waals surface area contributed by atoms with Crippen molar-refractivity contribution in [2.24, 2.45) is 0 Å². The normalized spacial score (nSPS) is 15.5. The number of ether oxygens (including phenoxy) is 1. The van der Waals surface area contributed by atoms with E-state index in [2.05, 4.69) is 15.6 Å². The third-order valence-corrected chi connectivity index (χ3v) is 4.12.